The maximum atomic E-state index is 12.8. The topological polar surface area (TPSA) is 73.6 Å². The van der Waals surface area contributed by atoms with Gasteiger partial charge in [-0.2, -0.15) is 13.2 Å². The number of alkyl halides is 3. The molecule has 0 spiro atoms. The van der Waals surface area contributed by atoms with Crippen LogP contribution in [0.3, 0.4) is 0 Å². The molecule has 0 amide bonds. The Balaban J connectivity index is 2.08. The lowest BCUT2D eigenvalue weighted by atomic mass is 10.1. The Morgan fingerprint density at radius 2 is 1.95 bits per heavy atom. The Bertz CT molecular complexity index is 840. The number of fused-ring (bicyclic) bond motifs is 1. The second kappa shape index (κ2) is 5.14. The van der Waals surface area contributed by atoms with Gasteiger partial charge in [0.05, 0.1) is 17.3 Å². The van der Waals surface area contributed by atoms with Crippen LogP contribution in [-0.4, -0.2) is 15.1 Å². The minimum atomic E-state index is -4.47. The predicted molar refractivity (Wildman–Crippen MR) is 73.4 cm³/mol. The van der Waals surface area contributed by atoms with Gasteiger partial charge in [-0.1, -0.05) is 0 Å². The summed E-state index contributed by atoms with van der Waals surface area (Å²) in [6, 6.07) is 6.36. The highest BCUT2D eigenvalue weighted by molar-refractivity contribution is 5.94. The van der Waals surface area contributed by atoms with Gasteiger partial charge >= 0.3 is 6.18 Å². The minimum Gasteiger partial charge on any atom is -0.493 e. The van der Waals surface area contributed by atoms with Crippen LogP contribution in [0.15, 0.2) is 53.0 Å². The van der Waals surface area contributed by atoms with Crippen LogP contribution in [0.2, 0.25) is 0 Å². The van der Waals surface area contributed by atoms with E-state index in [2.05, 4.69) is 20.2 Å². The highest BCUT2D eigenvalue weighted by atomic mass is 19.4. The molecule has 2 heterocycles. The van der Waals surface area contributed by atoms with Crippen LogP contribution in [0, 0.1) is 0 Å². The van der Waals surface area contributed by atoms with Gasteiger partial charge in [-0.3, -0.25) is 4.98 Å². The summed E-state index contributed by atoms with van der Waals surface area (Å²) in [5, 5.41) is 17.6. The van der Waals surface area contributed by atoms with E-state index in [0.717, 1.165) is 12.1 Å². The quantitative estimate of drug-likeness (QED) is 0.673. The number of H-pyrrole nitrogens is 1. The van der Waals surface area contributed by atoms with Crippen molar-refractivity contribution in [1.82, 2.24) is 9.97 Å². The monoisotopic (exact) mass is 306 g/mol. The largest absolute Gasteiger partial charge is 0.493 e. The summed E-state index contributed by atoms with van der Waals surface area (Å²) >= 11 is 0. The van der Waals surface area contributed by atoms with Gasteiger partial charge in [0.15, 0.2) is 5.69 Å². The second-order valence-corrected chi connectivity index (χ2v) is 4.49. The van der Waals surface area contributed by atoms with Crippen molar-refractivity contribution in [2.24, 2.45) is 10.2 Å². The molecule has 2 aromatic heterocycles. The molecule has 0 radical (unpaired) electrons. The smallest absolute Gasteiger partial charge is 0.416 e. The number of aromatic amines is 1. The van der Waals surface area contributed by atoms with Crippen LogP contribution < -0.4 is 0 Å². The number of benzene rings is 1. The molecule has 0 bridgehead atoms. The van der Waals surface area contributed by atoms with E-state index < -0.39 is 11.7 Å². The van der Waals surface area contributed by atoms with E-state index in [9.17, 15) is 18.3 Å². The Morgan fingerprint density at radius 1 is 1.14 bits per heavy atom. The van der Waals surface area contributed by atoms with Crippen molar-refractivity contribution < 1.29 is 18.3 Å². The lowest BCUT2D eigenvalue weighted by molar-refractivity contribution is -0.137. The third kappa shape index (κ3) is 2.62. The van der Waals surface area contributed by atoms with Crippen molar-refractivity contribution in [2.75, 3.05) is 0 Å². The van der Waals surface area contributed by atoms with Gasteiger partial charge in [0, 0.05) is 11.6 Å². The summed E-state index contributed by atoms with van der Waals surface area (Å²) in [5.74, 6) is -0.345. The van der Waals surface area contributed by atoms with E-state index in [1.54, 1.807) is 18.3 Å². The van der Waals surface area contributed by atoms with Gasteiger partial charge in [0.2, 0.25) is 5.88 Å². The fourth-order valence-electron chi connectivity index (χ4n) is 1.96. The Labute approximate surface area is 122 Å². The Morgan fingerprint density at radius 3 is 2.64 bits per heavy atom. The SMILES string of the molecule is Oc1[nH]c2ccc(C(F)(F)F)cc2c1N=Nc1cccnc1. The van der Waals surface area contributed by atoms with Gasteiger partial charge in [-0.05, 0) is 30.3 Å². The molecule has 3 rings (SSSR count). The number of nitrogens with one attached hydrogen (secondary N) is 1. The summed E-state index contributed by atoms with van der Waals surface area (Å²) in [4.78, 5) is 6.40. The zero-order valence-corrected chi connectivity index (χ0v) is 11.0. The van der Waals surface area contributed by atoms with E-state index in [-0.39, 0.29) is 17.0 Å². The van der Waals surface area contributed by atoms with E-state index in [1.807, 2.05) is 0 Å². The van der Waals surface area contributed by atoms with Gasteiger partial charge < -0.3 is 10.1 Å². The molecular weight excluding hydrogens is 297 g/mol. The molecule has 3 aromatic rings. The molecule has 0 atom stereocenters. The number of nitrogens with zero attached hydrogens (tertiary/aromatic N) is 3. The first-order chi connectivity index (χ1) is 10.4. The average molecular weight is 306 g/mol. The summed E-state index contributed by atoms with van der Waals surface area (Å²) in [5.41, 5.74) is -0.115. The first-order valence-corrected chi connectivity index (χ1v) is 6.19. The lowest BCUT2D eigenvalue weighted by Gasteiger charge is -2.05. The fraction of sp³-hybridized carbons (Fsp3) is 0.0714. The van der Waals surface area contributed by atoms with Crippen molar-refractivity contribution in [3.63, 3.8) is 0 Å². The van der Waals surface area contributed by atoms with Crippen LogP contribution in [-0.2, 0) is 6.18 Å². The van der Waals surface area contributed by atoms with Crippen molar-refractivity contribution in [3.8, 4) is 5.88 Å². The number of aromatic nitrogens is 2. The molecule has 1 aromatic carbocycles. The zero-order chi connectivity index (χ0) is 15.7. The number of azo groups is 1. The molecule has 0 aliphatic rings. The van der Waals surface area contributed by atoms with Crippen molar-refractivity contribution >= 4 is 22.3 Å². The van der Waals surface area contributed by atoms with E-state index in [1.165, 1.54) is 12.3 Å². The van der Waals surface area contributed by atoms with Crippen molar-refractivity contribution in [3.05, 3.63) is 48.3 Å². The first kappa shape index (κ1) is 14.1. The molecular formula is C14H9F3N4O. The van der Waals surface area contributed by atoms with E-state index >= 15 is 0 Å². The Hall–Kier alpha value is -2.90. The van der Waals surface area contributed by atoms with Gasteiger partial charge in [-0.15, -0.1) is 10.2 Å². The molecule has 8 heteroatoms. The highest BCUT2D eigenvalue weighted by Crippen LogP contribution is 2.39. The van der Waals surface area contributed by atoms with Gasteiger partial charge in [0.1, 0.15) is 5.69 Å². The number of aromatic hydroxyl groups is 1. The first-order valence-electron chi connectivity index (χ1n) is 6.19. The predicted octanol–water partition coefficient (Wildman–Crippen LogP) is 4.70. The second-order valence-electron chi connectivity index (χ2n) is 4.49. The number of hydrogen-bond donors (Lipinski definition) is 2. The molecule has 0 saturated carbocycles. The average Bonchev–Trinajstić information content (AvgIpc) is 2.80. The third-order valence-electron chi connectivity index (χ3n) is 2.99. The zero-order valence-electron chi connectivity index (χ0n) is 11.0. The van der Waals surface area contributed by atoms with E-state index in [4.69, 9.17) is 0 Å². The number of hydrogen-bond acceptors (Lipinski definition) is 4. The molecule has 22 heavy (non-hydrogen) atoms. The molecule has 0 saturated heterocycles. The molecule has 0 aliphatic carbocycles. The molecule has 112 valence electrons. The van der Waals surface area contributed by atoms with Crippen LogP contribution in [0.25, 0.3) is 10.9 Å². The fourth-order valence-corrected chi connectivity index (χ4v) is 1.96. The summed E-state index contributed by atoms with van der Waals surface area (Å²) in [7, 11) is 0. The maximum absolute atomic E-state index is 12.8. The van der Waals surface area contributed by atoms with Crippen molar-refractivity contribution in [2.45, 2.75) is 6.18 Å². The molecule has 0 aliphatic heterocycles. The highest BCUT2D eigenvalue weighted by Gasteiger charge is 2.31. The number of pyridine rings is 1. The number of halogens is 3. The molecule has 0 fully saturated rings. The summed E-state index contributed by atoms with van der Waals surface area (Å²) in [6.45, 7) is 0. The third-order valence-corrected chi connectivity index (χ3v) is 2.99. The molecule has 0 unspecified atom stereocenters. The maximum Gasteiger partial charge on any atom is 0.416 e. The van der Waals surface area contributed by atoms with Gasteiger partial charge in [0.25, 0.3) is 0 Å². The lowest BCUT2D eigenvalue weighted by Crippen LogP contribution is -2.03. The van der Waals surface area contributed by atoms with Crippen molar-refractivity contribution in [1.29, 1.82) is 0 Å². The van der Waals surface area contributed by atoms with E-state index in [0.29, 0.717) is 11.2 Å². The minimum absolute atomic E-state index is 0.0510. The summed E-state index contributed by atoms with van der Waals surface area (Å²) < 4.78 is 38.3. The van der Waals surface area contributed by atoms with Crippen LogP contribution in [0.4, 0.5) is 24.5 Å². The number of rotatable bonds is 2. The standard InChI is InChI=1S/C14H9F3N4O/c15-14(16,17)8-3-4-11-10(6-8)12(13(22)19-11)21-20-9-2-1-5-18-7-9/h1-7,19,22H. The Kier molecular flexibility index (Phi) is 3.28. The molecule has 2 N–H and O–H groups in total. The van der Waals surface area contributed by atoms with Crippen LogP contribution >= 0.6 is 0 Å². The van der Waals surface area contributed by atoms with Gasteiger partial charge in [-0.25, -0.2) is 0 Å². The summed E-state index contributed by atoms with van der Waals surface area (Å²) in [6.07, 6.45) is -1.48. The van der Waals surface area contributed by atoms with Crippen LogP contribution in [0.5, 0.6) is 5.88 Å². The normalized spacial score (nSPS) is 12.3. The molecule has 5 nitrogen and oxygen atoms in total. The van der Waals surface area contributed by atoms with Crippen LogP contribution in [0.1, 0.15) is 5.56 Å².